The number of benzene rings is 2. The van der Waals surface area contributed by atoms with Gasteiger partial charge in [0.05, 0.1) is 17.6 Å². The van der Waals surface area contributed by atoms with Crippen molar-refractivity contribution in [1.29, 1.82) is 0 Å². The van der Waals surface area contributed by atoms with Crippen molar-refractivity contribution in [2.24, 2.45) is 0 Å². The highest BCUT2D eigenvalue weighted by Crippen LogP contribution is 2.25. The first-order chi connectivity index (χ1) is 10.9. The lowest BCUT2D eigenvalue weighted by Crippen LogP contribution is -2.29. The van der Waals surface area contributed by atoms with Gasteiger partial charge in [-0.15, -0.1) is 0 Å². The Bertz CT molecular complexity index is 770. The van der Waals surface area contributed by atoms with Crippen LogP contribution in [0, 0.1) is 0 Å². The molecule has 2 aromatic carbocycles. The molecule has 6 heteroatoms. The summed E-state index contributed by atoms with van der Waals surface area (Å²) in [7, 11) is -0.831. The molecule has 1 atom stereocenters. The van der Waals surface area contributed by atoms with E-state index in [-0.39, 0.29) is 10.9 Å². The fourth-order valence-corrected chi connectivity index (χ4v) is 3.55. The molecule has 0 radical (unpaired) electrons. The quantitative estimate of drug-likeness (QED) is 0.789. The van der Waals surface area contributed by atoms with Gasteiger partial charge < -0.3 is 4.74 Å². The Morgan fingerprint density at radius 1 is 1.04 bits per heavy atom. The summed E-state index contributed by atoms with van der Waals surface area (Å²) in [4.78, 5) is 11.6. The highest BCUT2D eigenvalue weighted by atomic mass is 32.2. The molecule has 0 aliphatic carbocycles. The molecule has 0 amide bonds. The van der Waals surface area contributed by atoms with Crippen LogP contribution in [0.4, 0.5) is 0 Å². The average molecular weight is 333 g/mol. The van der Waals surface area contributed by atoms with E-state index in [0.29, 0.717) is 5.56 Å². The van der Waals surface area contributed by atoms with E-state index in [4.69, 9.17) is 0 Å². The molecule has 122 valence electrons. The minimum Gasteiger partial charge on any atom is -0.465 e. The third kappa shape index (κ3) is 3.60. The number of ether oxygens (including phenoxy) is 1. The van der Waals surface area contributed by atoms with Crippen molar-refractivity contribution >= 4 is 16.0 Å². The summed E-state index contributed by atoms with van der Waals surface area (Å²) < 4.78 is 31.3. The van der Waals surface area contributed by atoms with Gasteiger partial charge in [0.1, 0.15) is 0 Å². The number of hydrogen-bond acceptors (Lipinski definition) is 4. The summed E-state index contributed by atoms with van der Waals surface area (Å²) in [5.74, 6) is -0.500. The molecule has 0 N–H and O–H groups in total. The number of sulfonamides is 1. The zero-order valence-corrected chi connectivity index (χ0v) is 14.1. The molecular weight excluding hydrogens is 314 g/mol. The smallest absolute Gasteiger partial charge is 0.337 e. The first kappa shape index (κ1) is 17.2. The molecule has 0 saturated carbocycles. The summed E-state index contributed by atoms with van der Waals surface area (Å²) in [5, 5.41) is 0. The van der Waals surface area contributed by atoms with Gasteiger partial charge in [-0.3, -0.25) is 0 Å². The Kier molecular flexibility index (Phi) is 5.18. The minimum atomic E-state index is -3.65. The molecular formula is C17H19NO4S. The zero-order valence-electron chi connectivity index (χ0n) is 13.3. The number of methoxy groups -OCH3 is 1. The topological polar surface area (TPSA) is 63.7 Å². The van der Waals surface area contributed by atoms with Crippen LogP contribution in [0.1, 0.15) is 28.9 Å². The lowest BCUT2D eigenvalue weighted by Gasteiger charge is -2.24. The van der Waals surface area contributed by atoms with Crippen molar-refractivity contribution in [3.05, 3.63) is 65.7 Å². The van der Waals surface area contributed by atoms with Gasteiger partial charge in [0, 0.05) is 13.1 Å². The molecule has 0 saturated heterocycles. The van der Waals surface area contributed by atoms with Crippen LogP contribution in [-0.4, -0.2) is 32.8 Å². The molecule has 0 heterocycles. The van der Waals surface area contributed by atoms with E-state index in [1.165, 1.54) is 35.7 Å². The second-order valence-electron chi connectivity index (χ2n) is 5.12. The van der Waals surface area contributed by atoms with Gasteiger partial charge >= 0.3 is 5.97 Å². The Morgan fingerprint density at radius 2 is 1.61 bits per heavy atom. The Hall–Kier alpha value is -2.18. The van der Waals surface area contributed by atoms with E-state index < -0.39 is 16.0 Å². The van der Waals surface area contributed by atoms with Crippen LogP contribution in [-0.2, 0) is 14.8 Å². The molecule has 2 rings (SSSR count). The van der Waals surface area contributed by atoms with E-state index in [0.717, 1.165) is 5.56 Å². The van der Waals surface area contributed by atoms with Crippen LogP contribution in [0.15, 0.2) is 59.5 Å². The van der Waals surface area contributed by atoms with Crippen molar-refractivity contribution in [3.8, 4) is 0 Å². The third-order valence-corrected chi connectivity index (χ3v) is 5.72. The Balaban J connectivity index is 2.28. The molecule has 23 heavy (non-hydrogen) atoms. The van der Waals surface area contributed by atoms with Gasteiger partial charge in [-0.05, 0) is 36.8 Å². The normalized spacial score (nSPS) is 12.9. The Labute approximate surface area is 136 Å². The lowest BCUT2D eigenvalue weighted by atomic mass is 10.1. The van der Waals surface area contributed by atoms with Gasteiger partial charge in [0.2, 0.25) is 10.0 Å². The van der Waals surface area contributed by atoms with Crippen LogP contribution in [0.5, 0.6) is 0 Å². The first-order valence-corrected chi connectivity index (χ1v) is 8.53. The third-order valence-electron chi connectivity index (χ3n) is 3.78. The number of carbonyl (C=O) groups excluding carboxylic acids is 1. The number of hydrogen-bond donors (Lipinski definition) is 0. The van der Waals surface area contributed by atoms with Crippen LogP contribution in [0.25, 0.3) is 0 Å². The lowest BCUT2D eigenvalue weighted by molar-refractivity contribution is 0.0600. The average Bonchev–Trinajstić information content (AvgIpc) is 2.60. The summed E-state index contributed by atoms with van der Waals surface area (Å²) in [5.41, 5.74) is 1.22. The van der Waals surface area contributed by atoms with E-state index in [1.54, 1.807) is 7.05 Å². The van der Waals surface area contributed by atoms with Gasteiger partial charge in [-0.2, -0.15) is 4.31 Å². The SMILES string of the molecule is COC(=O)c1ccc(S(=O)(=O)N(C)C(C)c2ccccc2)cc1. The largest absolute Gasteiger partial charge is 0.465 e. The number of esters is 1. The van der Waals surface area contributed by atoms with E-state index in [9.17, 15) is 13.2 Å². The summed E-state index contributed by atoms with van der Waals surface area (Å²) in [6.45, 7) is 1.83. The highest BCUT2D eigenvalue weighted by molar-refractivity contribution is 7.89. The molecule has 0 aliphatic rings. The van der Waals surface area contributed by atoms with Gasteiger partial charge in [-0.25, -0.2) is 13.2 Å². The van der Waals surface area contributed by atoms with Gasteiger partial charge in [0.25, 0.3) is 0 Å². The molecule has 0 bridgehead atoms. The fourth-order valence-electron chi connectivity index (χ4n) is 2.20. The van der Waals surface area contributed by atoms with E-state index in [1.807, 2.05) is 37.3 Å². The first-order valence-electron chi connectivity index (χ1n) is 7.09. The maximum atomic E-state index is 12.7. The molecule has 0 aliphatic heterocycles. The molecule has 0 aromatic heterocycles. The van der Waals surface area contributed by atoms with Crippen LogP contribution < -0.4 is 0 Å². The van der Waals surface area contributed by atoms with Gasteiger partial charge in [0.15, 0.2) is 0 Å². The molecule has 1 unspecified atom stereocenters. The second-order valence-corrected chi connectivity index (χ2v) is 7.12. The van der Waals surface area contributed by atoms with E-state index >= 15 is 0 Å². The van der Waals surface area contributed by atoms with Crippen molar-refractivity contribution < 1.29 is 17.9 Å². The number of carbonyl (C=O) groups is 1. The van der Waals surface area contributed by atoms with Crippen molar-refractivity contribution in [2.75, 3.05) is 14.2 Å². The van der Waals surface area contributed by atoms with Gasteiger partial charge in [-0.1, -0.05) is 30.3 Å². The molecule has 2 aromatic rings. The summed E-state index contributed by atoms with van der Waals surface area (Å²) >= 11 is 0. The fraction of sp³-hybridized carbons (Fsp3) is 0.235. The standard InChI is InChI=1S/C17H19NO4S/c1-13(14-7-5-4-6-8-14)18(2)23(20,21)16-11-9-15(10-12-16)17(19)22-3/h4-13H,1-3H3. The summed E-state index contributed by atoms with van der Waals surface area (Å²) in [6, 6.07) is 14.8. The van der Waals surface area contributed by atoms with Crippen molar-refractivity contribution in [1.82, 2.24) is 4.31 Å². The predicted molar refractivity (Wildman–Crippen MR) is 87.6 cm³/mol. The monoisotopic (exact) mass is 333 g/mol. The van der Waals surface area contributed by atoms with Crippen molar-refractivity contribution in [3.63, 3.8) is 0 Å². The van der Waals surface area contributed by atoms with Crippen molar-refractivity contribution in [2.45, 2.75) is 17.9 Å². The number of rotatable bonds is 5. The maximum absolute atomic E-state index is 12.7. The van der Waals surface area contributed by atoms with E-state index in [2.05, 4.69) is 4.74 Å². The molecule has 0 spiro atoms. The van der Waals surface area contributed by atoms with Crippen LogP contribution in [0.2, 0.25) is 0 Å². The Morgan fingerprint density at radius 3 is 2.13 bits per heavy atom. The van der Waals surface area contributed by atoms with Crippen LogP contribution >= 0.6 is 0 Å². The van der Waals surface area contributed by atoms with Crippen LogP contribution in [0.3, 0.4) is 0 Å². The molecule has 0 fully saturated rings. The summed E-state index contributed by atoms with van der Waals surface area (Å²) in [6.07, 6.45) is 0. The second kappa shape index (κ2) is 6.93. The molecule has 5 nitrogen and oxygen atoms in total. The number of nitrogens with zero attached hydrogens (tertiary/aromatic N) is 1. The minimum absolute atomic E-state index is 0.135. The zero-order chi connectivity index (χ0) is 17.0. The predicted octanol–water partition coefficient (Wildman–Crippen LogP) is 2.85. The highest BCUT2D eigenvalue weighted by Gasteiger charge is 2.26. The maximum Gasteiger partial charge on any atom is 0.337 e.